The lowest BCUT2D eigenvalue weighted by Gasteiger charge is -2.29. The molecule has 1 aromatic rings. The maximum Gasteiger partial charge on any atom is 0.243 e. The van der Waals surface area contributed by atoms with Gasteiger partial charge in [-0.3, -0.25) is 9.59 Å². The van der Waals surface area contributed by atoms with Crippen molar-refractivity contribution in [1.29, 1.82) is 0 Å². The van der Waals surface area contributed by atoms with Crippen molar-refractivity contribution in [2.45, 2.75) is 33.2 Å². The number of ketones is 1. The number of primary amides is 1. The smallest absolute Gasteiger partial charge is 0.243 e. The third-order valence-corrected chi connectivity index (χ3v) is 3.39. The van der Waals surface area contributed by atoms with Crippen LogP contribution in [0.15, 0.2) is 12.3 Å². The topological polar surface area (TPSA) is 74.3 Å². The molecule has 1 heterocycles. The zero-order chi connectivity index (χ0) is 14.0. The second-order valence-corrected chi connectivity index (χ2v) is 5.83. The van der Waals surface area contributed by atoms with Crippen LogP contribution >= 0.6 is 0 Å². The summed E-state index contributed by atoms with van der Waals surface area (Å²) in [6, 6.07) is 1.88. The molecule has 19 heavy (non-hydrogen) atoms. The Kier molecular flexibility index (Phi) is 3.75. The van der Waals surface area contributed by atoms with E-state index >= 15 is 0 Å². The number of nitrogens with zero attached hydrogens (tertiary/aromatic N) is 1. The molecule has 0 bridgehead atoms. The summed E-state index contributed by atoms with van der Waals surface area (Å²) in [5.74, 6) is -0.256. The van der Waals surface area contributed by atoms with E-state index < -0.39 is 5.91 Å². The molecule has 0 spiro atoms. The van der Waals surface area contributed by atoms with Crippen LogP contribution in [0.4, 0.5) is 0 Å². The molecule has 0 aromatic carbocycles. The first-order valence-electron chi connectivity index (χ1n) is 6.46. The summed E-state index contributed by atoms with van der Waals surface area (Å²) in [4.78, 5) is 22.6. The van der Waals surface area contributed by atoms with E-state index in [1.54, 1.807) is 0 Å². The van der Waals surface area contributed by atoms with Crippen LogP contribution in [0.2, 0.25) is 0 Å². The molecule has 0 unspecified atom stereocenters. The zero-order valence-corrected chi connectivity index (χ0v) is 11.4. The first kappa shape index (κ1) is 13.8. The van der Waals surface area contributed by atoms with Crippen LogP contribution in [0.1, 0.15) is 36.3 Å². The van der Waals surface area contributed by atoms with Crippen molar-refractivity contribution >= 4 is 11.7 Å². The number of hydrogen-bond donors (Lipinski definition) is 1. The molecule has 104 valence electrons. The number of Topliss-reactive ketones (excluding diaryl/α,β-unsaturated/α-hetero) is 1. The quantitative estimate of drug-likeness (QED) is 0.810. The second kappa shape index (κ2) is 5.17. The molecule has 1 amide bonds. The van der Waals surface area contributed by atoms with Crippen molar-refractivity contribution in [2.75, 3.05) is 13.2 Å². The number of rotatable bonds is 5. The van der Waals surface area contributed by atoms with Gasteiger partial charge >= 0.3 is 0 Å². The highest BCUT2D eigenvalue weighted by Crippen LogP contribution is 2.35. The van der Waals surface area contributed by atoms with E-state index in [2.05, 4.69) is 13.8 Å². The number of carbonyl (C=O) groups is 2. The van der Waals surface area contributed by atoms with Gasteiger partial charge in [0.05, 0.1) is 6.61 Å². The highest BCUT2D eigenvalue weighted by Gasteiger charge is 2.32. The maximum absolute atomic E-state index is 12.0. The molecule has 0 atom stereocenters. The molecular weight excluding hydrogens is 244 g/mol. The number of hydrogen-bond acceptors (Lipinski definition) is 3. The van der Waals surface area contributed by atoms with Gasteiger partial charge in [-0.05, 0) is 17.9 Å². The Balaban J connectivity index is 2.04. The van der Waals surface area contributed by atoms with Crippen LogP contribution in [0, 0.1) is 5.41 Å². The molecule has 5 heteroatoms. The van der Waals surface area contributed by atoms with Crippen molar-refractivity contribution < 1.29 is 14.3 Å². The Morgan fingerprint density at radius 2 is 2.21 bits per heavy atom. The van der Waals surface area contributed by atoms with Crippen molar-refractivity contribution in [3.05, 3.63) is 23.5 Å². The summed E-state index contributed by atoms with van der Waals surface area (Å²) in [5, 5.41) is 0. The number of amides is 1. The van der Waals surface area contributed by atoms with Crippen LogP contribution in [0.5, 0.6) is 0 Å². The fourth-order valence-corrected chi connectivity index (χ4v) is 2.55. The summed E-state index contributed by atoms with van der Waals surface area (Å²) in [6.07, 6.45) is 3.40. The Hall–Kier alpha value is -1.62. The summed E-state index contributed by atoms with van der Waals surface area (Å²) in [5.41, 5.74) is 6.91. The van der Waals surface area contributed by atoms with Gasteiger partial charge in [0.1, 0.15) is 6.61 Å². The standard InChI is InChI=1S/C14H20N2O3/c1-14(2)7-11-10(12(17)8-14)3-4-16(11)5-6-19-9-13(15)18/h3-4H,5-9H2,1-2H3,(H2,15,18). The Morgan fingerprint density at radius 1 is 1.47 bits per heavy atom. The average molecular weight is 264 g/mol. The number of fused-ring (bicyclic) bond motifs is 1. The number of ether oxygens (including phenoxy) is 1. The molecule has 2 N–H and O–H groups in total. The zero-order valence-electron chi connectivity index (χ0n) is 11.4. The van der Waals surface area contributed by atoms with E-state index in [0.29, 0.717) is 19.6 Å². The largest absolute Gasteiger partial charge is 0.370 e. The van der Waals surface area contributed by atoms with Crippen molar-refractivity contribution in [1.82, 2.24) is 4.57 Å². The highest BCUT2D eigenvalue weighted by atomic mass is 16.5. The highest BCUT2D eigenvalue weighted by molar-refractivity contribution is 5.98. The fraction of sp³-hybridized carbons (Fsp3) is 0.571. The molecule has 1 aliphatic rings. The number of carbonyl (C=O) groups excluding carboxylic acids is 2. The van der Waals surface area contributed by atoms with Gasteiger partial charge in [-0.2, -0.15) is 0 Å². The normalized spacial score (nSPS) is 17.3. The number of aromatic nitrogens is 1. The molecular formula is C14H20N2O3. The molecule has 0 aliphatic heterocycles. The van der Waals surface area contributed by atoms with E-state index in [-0.39, 0.29) is 17.8 Å². The fourth-order valence-electron chi connectivity index (χ4n) is 2.55. The molecule has 2 rings (SSSR count). The van der Waals surface area contributed by atoms with Gasteiger partial charge < -0.3 is 15.0 Å². The van der Waals surface area contributed by atoms with Crippen molar-refractivity contribution in [3.63, 3.8) is 0 Å². The second-order valence-electron chi connectivity index (χ2n) is 5.83. The number of nitrogens with two attached hydrogens (primary N) is 1. The summed E-state index contributed by atoms with van der Waals surface area (Å²) >= 11 is 0. The lowest BCUT2D eigenvalue weighted by atomic mass is 9.76. The van der Waals surface area contributed by atoms with Gasteiger partial charge in [0, 0.05) is 30.4 Å². The average Bonchev–Trinajstić information content (AvgIpc) is 2.66. The third-order valence-electron chi connectivity index (χ3n) is 3.39. The van der Waals surface area contributed by atoms with Crippen LogP contribution < -0.4 is 5.73 Å². The lowest BCUT2D eigenvalue weighted by Crippen LogP contribution is -2.28. The van der Waals surface area contributed by atoms with E-state index in [9.17, 15) is 9.59 Å². The van der Waals surface area contributed by atoms with Crippen LogP contribution in [0.3, 0.4) is 0 Å². The molecule has 1 aliphatic carbocycles. The van der Waals surface area contributed by atoms with E-state index in [4.69, 9.17) is 10.5 Å². The third kappa shape index (κ3) is 3.23. The summed E-state index contributed by atoms with van der Waals surface area (Å²) in [6.45, 7) is 5.20. The van der Waals surface area contributed by atoms with Gasteiger partial charge in [-0.1, -0.05) is 13.8 Å². The molecule has 1 aromatic heterocycles. The van der Waals surface area contributed by atoms with Crippen LogP contribution in [0.25, 0.3) is 0 Å². The minimum Gasteiger partial charge on any atom is -0.370 e. The minimum absolute atomic E-state index is 0.00820. The molecule has 0 radical (unpaired) electrons. The first-order valence-corrected chi connectivity index (χ1v) is 6.46. The predicted molar refractivity (Wildman–Crippen MR) is 70.9 cm³/mol. The SMILES string of the molecule is CC1(C)CC(=O)c2ccn(CCOCC(N)=O)c2C1. The van der Waals surface area contributed by atoms with Crippen LogP contribution in [-0.2, 0) is 22.5 Å². The Morgan fingerprint density at radius 3 is 2.89 bits per heavy atom. The molecule has 0 saturated carbocycles. The van der Waals surface area contributed by atoms with Gasteiger partial charge in [0.2, 0.25) is 5.91 Å². The Labute approximate surface area is 112 Å². The van der Waals surface area contributed by atoms with E-state index in [1.807, 2.05) is 16.8 Å². The maximum atomic E-state index is 12.0. The summed E-state index contributed by atoms with van der Waals surface area (Å²) < 4.78 is 7.19. The molecule has 0 saturated heterocycles. The monoisotopic (exact) mass is 264 g/mol. The van der Waals surface area contributed by atoms with Gasteiger partial charge in [-0.25, -0.2) is 0 Å². The van der Waals surface area contributed by atoms with Gasteiger partial charge in [-0.15, -0.1) is 0 Å². The minimum atomic E-state index is -0.467. The van der Waals surface area contributed by atoms with Gasteiger partial charge in [0.15, 0.2) is 5.78 Å². The predicted octanol–water partition coefficient (Wildman–Crippen LogP) is 1.15. The molecule has 0 fully saturated rings. The lowest BCUT2D eigenvalue weighted by molar-refractivity contribution is -0.122. The summed E-state index contributed by atoms with van der Waals surface area (Å²) in [7, 11) is 0. The van der Waals surface area contributed by atoms with Crippen molar-refractivity contribution in [2.24, 2.45) is 11.1 Å². The van der Waals surface area contributed by atoms with E-state index in [0.717, 1.165) is 17.7 Å². The van der Waals surface area contributed by atoms with E-state index in [1.165, 1.54) is 0 Å². The Bertz CT molecular complexity index is 503. The first-order chi connectivity index (χ1) is 8.89. The van der Waals surface area contributed by atoms with Crippen LogP contribution in [-0.4, -0.2) is 29.5 Å². The molecule has 5 nitrogen and oxygen atoms in total. The van der Waals surface area contributed by atoms with Gasteiger partial charge in [0.25, 0.3) is 0 Å². The van der Waals surface area contributed by atoms with Crippen molar-refractivity contribution in [3.8, 4) is 0 Å².